The molecule has 2 aliphatic rings. The van der Waals surface area contributed by atoms with Gasteiger partial charge in [0.25, 0.3) is 0 Å². The van der Waals surface area contributed by atoms with Crippen LogP contribution in [0.4, 0.5) is 0 Å². The molecule has 120 valence electrons. The molecule has 5 nitrogen and oxygen atoms in total. The Bertz CT molecular complexity index is 686. The maximum absolute atomic E-state index is 12.7. The fraction of sp³-hybridized carbons (Fsp3) is 0.533. The maximum Gasteiger partial charge on any atom is 0.243 e. The van der Waals surface area contributed by atoms with Crippen molar-refractivity contribution in [3.05, 3.63) is 29.8 Å². The molecule has 3 unspecified atom stereocenters. The highest BCUT2D eigenvalue weighted by atomic mass is 35.5. The van der Waals surface area contributed by atoms with Crippen molar-refractivity contribution in [3.63, 3.8) is 0 Å². The van der Waals surface area contributed by atoms with Crippen LogP contribution in [0.2, 0.25) is 0 Å². The lowest BCUT2D eigenvalue weighted by Crippen LogP contribution is -2.38. The number of nitriles is 1. The van der Waals surface area contributed by atoms with E-state index in [0.717, 1.165) is 19.3 Å². The van der Waals surface area contributed by atoms with Gasteiger partial charge in [0, 0.05) is 19.1 Å². The maximum atomic E-state index is 12.7. The third-order valence-electron chi connectivity index (χ3n) is 4.72. The molecule has 22 heavy (non-hydrogen) atoms. The van der Waals surface area contributed by atoms with E-state index in [0.29, 0.717) is 24.6 Å². The molecule has 0 bridgehead atoms. The van der Waals surface area contributed by atoms with E-state index in [-0.39, 0.29) is 29.3 Å². The molecule has 2 N–H and O–H groups in total. The van der Waals surface area contributed by atoms with Crippen LogP contribution in [0.25, 0.3) is 0 Å². The third-order valence-corrected chi connectivity index (χ3v) is 6.55. The van der Waals surface area contributed by atoms with E-state index >= 15 is 0 Å². The normalized spacial score (nSPS) is 28.5. The molecule has 1 saturated heterocycles. The van der Waals surface area contributed by atoms with Crippen LogP contribution in [-0.2, 0) is 10.0 Å². The predicted octanol–water partition coefficient (Wildman–Crippen LogP) is 1.73. The lowest BCUT2D eigenvalue weighted by Gasteiger charge is -2.29. The zero-order valence-electron chi connectivity index (χ0n) is 12.2. The zero-order chi connectivity index (χ0) is 15.0. The van der Waals surface area contributed by atoms with Crippen LogP contribution in [0.5, 0.6) is 0 Å². The summed E-state index contributed by atoms with van der Waals surface area (Å²) in [5.74, 6) is 0.648. The molecular formula is C15H20ClN3O2S. The van der Waals surface area contributed by atoms with Crippen LogP contribution in [0.15, 0.2) is 29.2 Å². The minimum atomic E-state index is -3.53. The Morgan fingerprint density at radius 3 is 2.73 bits per heavy atom. The Balaban J connectivity index is 0.00000176. The summed E-state index contributed by atoms with van der Waals surface area (Å²) >= 11 is 0. The smallest absolute Gasteiger partial charge is 0.243 e. The second kappa shape index (κ2) is 6.55. The number of benzene rings is 1. The quantitative estimate of drug-likeness (QED) is 0.887. The van der Waals surface area contributed by atoms with Crippen LogP contribution in [-0.4, -0.2) is 31.9 Å². The molecule has 7 heteroatoms. The summed E-state index contributed by atoms with van der Waals surface area (Å²) in [5, 5.41) is 8.92. The van der Waals surface area contributed by atoms with Gasteiger partial charge in [-0.2, -0.15) is 9.57 Å². The second-order valence-electron chi connectivity index (χ2n) is 5.98. The van der Waals surface area contributed by atoms with Gasteiger partial charge in [0.15, 0.2) is 0 Å². The van der Waals surface area contributed by atoms with Gasteiger partial charge in [0.05, 0.1) is 16.5 Å². The highest BCUT2D eigenvalue weighted by molar-refractivity contribution is 7.89. The van der Waals surface area contributed by atoms with Gasteiger partial charge in [-0.15, -0.1) is 12.4 Å². The first-order chi connectivity index (χ1) is 10.0. The van der Waals surface area contributed by atoms with Crippen molar-refractivity contribution in [1.29, 1.82) is 5.26 Å². The van der Waals surface area contributed by atoms with Crippen molar-refractivity contribution in [3.8, 4) is 6.07 Å². The third kappa shape index (κ3) is 2.99. The molecule has 2 fully saturated rings. The summed E-state index contributed by atoms with van der Waals surface area (Å²) in [6.45, 7) is 1.06. The first-order valence-electron chi connectivity index (χ1n) is 7.28. The molecule has 0 spiro atoms. The Morgan fingerprint density at radius 1 is 1.27 bits per heavy atom. The Kier molecular flexibility index (Phi) is 5.13. The summed E-state index contributed by atoms with van der Waals surface area (Å²) in [7, 11) is -3.53. The van der Waals surface area contributed by atoms with Crippen molar-refractivity contribution < 1.29 is 8.42 Å². The summed E-state index contributed by atoms with van der Waals surface area (Å²) in [4.78, 5) is 0.203. The molecule has 3 rings (SSSR count). The van der Waals surface area contributed by atoms with E-state index in [4.69, 9.17) is 11.0 Å². The number of sulfonamides is 1. The number of fused-ring (bicyclic) bond motifs is 1. The lowest BCUT2D eigenvalue weighted by atomic mass is 9.78. The minimum absolute atomic E-state index is 0. The van der Waals surface area contributed by atoms with E-state index in [1.165, 1.54) is 6.07 Å². The predicted molar refractivity (Wildman–Crippen MR) is 86.0 cm³/mol. The lowest BCUT2D eigenvalue weighted by molar-refractivity contribution is 0.260. The zero-order valence-corrected chi connectivity index (χ0v) is 13.8. The van der Waals surface area contributed by atoms with Crippen LogP contribution in [0.3, 0.4) is 0 Å². The Morgan fingerprint density at radius 2 is 2.05 bits per heavy atom. The summed E-state index contributed by atoms with van der Waals surface area (Å²) < 4.78 is 27.0. The number of nitrogens with zero attached hydrogens (tertiary/aromatic N) is 2. The van der Waals surface area contributed by atoms with E-state index in [2.05, 4.69) is 0 Å². The molecule has 1 aliphatic carbocycles. The molecule has 1 aromatic carbocycles. The van der Waals surface area contributed by atoms with E-state index in [1.807, 2.05) is 6.07 Å². The highest BCUT2D eigenvalue weighted by Crippen LogP contribution is 2.37. The van der Waals surface area contributed by atoms with Gasteiger partial charge in [-0.25, -0.2) is 8.42 Å². The number of rotatable bonds is 2. The first kappa shape index (κ1) is 17.2. The molecule has 0 amide bonds. The second-order valence-corrected chi connectivity index (χ2v) is 7.92. The molecule has 0 radical (unpaired) electrons. The molecular weight excluding hydrogens is 322 g/mol. The fourth-order valence-corrected chi connectivity index (χ4v) is 5.13. The number of halogens is 1. The summed E-state index contributed by atoms with van der Waals surface area (Å²) in [5.41, 5.74) is 6.51. The first-order valence-corrected chi connectivity index (χ1v) is 8.72. The number of hydrogen-bond donors (Lipinski definition) is 1. The van der Waals surface area contributed by atoms with Crippen molar-refractivity contribution >= 4 is 22.4 Å². The van der Waals surface area contributed by atoms with E-state index < -0.39 is 10.0 Å². The largest absolute Gasteiger partial charge is 0.327 e. The van der Waals surface area contributed by atoms with Crippen LogP contribution in [0.1, 0.15) is 24.8 Å². The van der Waals surface area contributed by atoms with Crippen LogP contribution in [0, 0.1) is 23.2 Å². The van der Waals surface area contributed by atoms with Gasteiger partial charge in [-0.3, -0.25) is 0 Å². The van der Waals surface area contributed by atoms with Gasteiger partial charge < -0.3 is 5.73 Å². The average molecular weight is 342 g/mol. The number of nitrogens with two attached hydrogens (primary N) is 1. The summed E-state index contributed by atoms with van der Waals surface area (Å²) in [6, 6.07) is 8.31. The molecule has 1 heterocycles. The van der Waals surface area contributed by atoms with Crippen molar-refractivity contribution in [1.82, 2.24) is 4.31 Å². The van der Waals surface area contributed by atoms with Gasteiger partial charge in [-0.05, 0) is 42.9 Å². The fourth-order valence-electron chi connectivity index (χ4n) is 3.55. The molecule has 3 atom stereocenters. The Hall–Kier alpha value is -1.13. The summed E-state index contributed by atoms with van der Waals surface area (Å²) in [6.07, 6.45) is 3.13. The van der Waals surface area contributed by atoms with Crippen molar-refractivity contribution in [2.45, 2.75) is 30.2 Å². The minimum Gasteiger partial charge on any atom is -0.327 e. The van der Waals surface area contributed by atoms with Gasteiger partial charge in [0.2, 0.25) is 10.0 Å². The van der Waals surface area contributed by atoms with Gasteiger partial charge in [0.1, 0.15) is 0 Å². The van der Waals surface area contributed by atoms with E-state index in [1.54, 1.807) is 22.5 Å². The topological polar surface area (TPSA) is 87.2 Å². The van der Waals surface area contributed by atoms with E-state index in [9.17, 15) is 8.42 Å². The monoisotopic (exact) mass is 341 g/mol. The molecule has 0 aromatic heterocycles. The van der Waals surface area contributed by atoms with Crippen molar-refractivity contribution in [2.24, 2.45) is 17.6 Å². The van der Waals surface area contributed by atoms with Crippen LogP contribution >= 0.6 is 12.4 Å². The molecule has 1 aromatic rings. The standard InChI is InChI=1S/C15H19N3O2S.ClH/c16-8-11-3-1-5-13(7-11)21(19,20)18-9-12-4-2-6-15(17)14(12)10-18;/h1,3,5,7,12,14-15H,2,4,6,9-10,17H2;1H. The molecule has 1 aliphatic heterocycles. The van der Waals surface area contributed by atoms with Crippen molar-refractivity contribution in [2.75, 3.05) is 13.1 Å². The van der Waals surface area contributed by atoms with Gasteiger partial charge in [-0.1, -0.05) is 12.5 Å². The SMILES string of the molecule is Cl.N#Cc1cccc(S(=O)(=O)N2CC3CCCC(N)C3C2)c1. The highest BCUT2D eigenvalue weighted by Gasteiger charge is 2.43. The Labute approximate surface area is 137 Å². The number of hydrogen-bond acceptors (Lipinski definition) is 4. The van der Waals surface area contributed by atoms with Crippen LogP contribution < -0.4 is 5.73 Å². The molecule has 1 saturated carbocycles. The van der Waals surface area contributed by atoms with Gasteiger partial charge >= 0.3 is 0 Å². The average Bonchev–Trinajstić information content (AvgIpc) is 2.94.